The molecule has 1 aromatic carbocycles. The molecule has 6 heteroatoms. The third-order valence-corrected chi connectivity index (χ3v) is 4.36. The molecule has 0 radical (unpaired) electrons. The molecular formula is C18H22N4O2. The number of carbonyl (C=O) groups excluding carboxylic acids is 2. The summed E-state index contributed by atoms with van der Waals surface area (Å²) in [4.78, 5) is 28.4. The van der Waals surface area contributed by atoms with E-state index in [1.807, 2.05) is 43.5 Å². The van der Waals surface area contributed by atoms with E-state index in [0.29, 0.717) is 13.1 Å². The molecule has 6 nitrogen and oxygen atoms in total. The first-order valence-corrected chi connectivity index (χ1v) is 8.28. The highest BCUT2D eigenvalue weighted by Crippen LogP contribution is 2.20. The summed E-state index contributed by atoms with van der Waals surface area (Å²) in [5.41, 5.74) is 1.89. The summed E-state index contributed by atoms with van der Waals surface area (Å²) < 4.78 is 1.78. The molecule has 126 valence electrons. The number of carbonyl (C=O) groups is 2. The molecule has 3 rings (SSSR count). The van der Waals surface area contributed by atoms with Crippen molar-refractivity contribution in [1.82, 2.24) is 19.6 Å². The molecule has 1 fully saturated rings. The van der Waals surface area contributed by atoms with Gasteiger partial charge in [-0.25, -0.2) is 4.68 Å². The third-order valence-electron chi connectivity index (χ3n) is 4.36. The van der Waals surface area contributed by atoms with Crippen LogP contribution in [0.3, 0.4) is 0 Å². The van der Waals surface area contributed by atoms with Gasteiger partial charge < -0.3 is 9.80 Å². The Kier molecular flexibility index (Phi) is 4.64. The minimum atomic E-state index is -0.441. The van der Waals surface area contributed by atoms with Gasteiger partial charge in [0.25, 0.3) is 0 Å². The van der Waals surface area contributed by atoms with Crippen molar-refractivity contribution in [2.75, 3.05) is 13.1 Å². The summed E-state index contributed by atoms with van der Waals surface area (Å²) in [5, 5.41) is 4.27. The van der Waals surface area contributed by atoms with Gasteiger partial charge in [0.2, 0.25) is 11.8 Å². The fraction of sp³-hybridized carbons (Fsp3) is 0.389. The highest BCUT2D eigenvalue weighted by Gasteiger charge is 2.36. The molecule has 1 saturated heterocycles. The molecule has 0 saturated carbocycles. The molecule has 1 atom stereocenters. The van der Waals surface area contributed by atoms with E-state index in [4.69, 9.17) is 0 Å². The number of amides is 2. The molecule has 2 amide bonds. The maximum absolute atomic E-state index is 12.5. The predicted molar refractivity (Wildman–Crippen MR) is 90.4 cm³/mol. The SMILES string of the molecule is CCCN1CC(=O)N(Cc2ccccc2-n2cccn2)[C@@H](C)C1=O. The van der Waals surface area contributed by atoms with Crippen molar-refractivity contribution in [2.45, 2.75) is 32.9 Å². The molecule has 0 N–H and O–H groups in total. The third kappa shape index (κ3) is 3.04. The van der Waals surface area contributed by atoms with Crippen LogP contribution >= 0.6 is 0 Å². The zero-order valence-corrected chi connectivity index (χ0v) is 14.1. The van der Waals surface area contributed by atoms with Crippen molar-refractivity contribution in [3.05, 3.63) is 48.3 Å². The molecule has 2 aromatic rings. The summed E-state index contributed by atoms with van der Waals surface area (Å²) in [7, 11) is 0. The smallest absolute Gasteiger partial charge is 0.245 e. The molecule has 2 heterocycles. The monoisotopic (exact) mass is 326 g/mol. The average Bonchev–Trinajstić information content (AvgIpc) is 3.11. The van der Waals surface area contributed by atoms with Crippen molar-refractivity contribution in [3.63, 3.8) is 0 Å². The molecule has 0 bridgehead atoms. The van der Waals surface area contributed by atoms with Gasteiger partial charge in [-0.05, 0) is 31.0 Å². The summed E-state index contributed by atoms with van der Waals surface area (Å²) >= 11 is 0. The summed E-state index contributed by atoms with van der Waals surface area (Å²) in [6.07, 6.45) is 4.44. The standard InChI is InChI=1S/C18H22N4O2/c1-3-10-20-13-17(23)21(14(2)18(20)24)12-15-7-4-5-8-16(15)22-11-6-9-19-22/h4-9,11,14H,3,10,12-13H2,1-2H3/t14-/m0/s1. The van der Waals surface area contributed by atoms with E-state index in [1.54, 1.807) is 27.6 Å². The molecule has 1 aliphatic heterocycles. The van der Waals surface area contributed by atoms with Crippen LogP contribution in [-0.4, -0.2) is 50.5 Å². The van der Waals surface area contributed by atoms with E-state index in [2.05, 4.69) is 5.10 Å². The second kappa shape index (κ2) is 6.86. The van der Waals surface area contributed by atoms with Gasteiger partial charge in [0.15, 0.2) is 0 Å². The number of para-hydroxylation sites is 1. The zero-order valence-electron chi connectivity index (χ0n) is 14.1. The number of benzene rings is 1. The Morgan fingerprint density at radius 2 is 2.00 bits per heavy atom. The minimum absolute atomic E-state index is 0.00850. The number of nitrogens with zero attached hydrogens (tertiary/aromatic N) is 4. The topological polar surface area (TPSA) is 58.4 Å². The summed E-state index contributed by atoms with van der Waals surface area (Å²) in [6.45, 7) is 5.02. The van der Waals surface area contributed by atoms with Crippen LogP contribution in [0.2, 0.25) is 0 Å². The molecule has 0 spiro atoms. The Morgan fingerprint density at radius 1 is 1.21 bits per heavy atom. The molecule has 1 aliphatic rings. The largest absolute Gasteiger partial charge is 0.332 e. The molecule has 1 aromatic heterocycles. The highest BCUT2D eigenvalue weighted by atomic mass is 16.2. The maximum atomic E-state index is 12.5. The van der Waals surface area contributed by atoms with Crippen LogP contribution < -0.4 is 0 Å². The van der Waals surface area contributed by atoms with Gasteiger partial charge in [-0.2, -0.15) is 5.10 Å². The van der Waals surface area contributed by atoms with Gasteiger partial charge in [-0.15, -0.1) is 0 Å². The van der Waals surface area contributed by atoms with E-state index >= 15 is 0 Å². The number of aromatic nitrogens is 2. The Hall–Kier alpha value is -2.63. The van der Waals surface area contributed by atoms with Crippen molar-refractivity contribution >= 4 is 11.8 Å². The maximum Gasteiger partial charge on any atom is 0.245 e. The second-order valence-corrected chi connectivity index (χ2v) is 6.04. The van der Waals surface area contributed by atoms with E-state index < -0.39 is 6.04 Å². The van der Waals surface area contributed by atoms with Gasteiger partial charge >= 0.3 is 0 Å². The Balaban J connectivity index is 1.84. The van der Waals surface area contributed by atoms with E-state index in [1.165, 1.54) is 0 Å². The highest BCUT2D eigenvalue weighted by molar-refractivity contribution is 5.94. The lowest BCUT2D eigenvalue weighted by atomic mass is 10.1. The quantitative estimate of drug-likeness (QED) is 0.842. The van der Waals surface area contributed by atoms with Gasteiger partial charge in [-0.3, -0.25) is 9.59 Å². The lowest BCUT2D eigenvalue weighted by Crippen LogP contribution is -2.58. The van der Waals surface area contributed by atoms with E-state index in [-0.39, 0.29) is 18.4 Å². The van der Waals surface area contributed by atoms with Crippen LogP contribution in [-0.2, 0) is 16.1 Å². The zero-order chi connectivity index (χ0) is 17.1. The number of hydrogen-bond donors (Lipinski definition) is 0. The van der Waals surface area contributed by atoms with E-state index in [9.17, 15) is 9.59 Å². The first-order chi connectivity index (χ1) is 11.6. The summed E-state index contributed by atoms with van der Waals surface area (Å²) in [6, 6.07) is 9.23. The Morgan fingerprint density at radius 3 is 2.71 bits per heavy atom. The van der Waals surface area contributed by atoms with Crippen LogP contribution in [0, 0.1) is 0 Å². The van der Waals surface area contributed by atoms with Crippen LogP contribution in [0.1, 0.15) is 25.8 Å². The Labute approximate surface area is 141 Å². The first kappa shape index (κ1) is 16.2. The van der Waals surface area contributed by atoms with Crippen LogP contribution in [0.4, 0.5) is 0 Å². The molecular weight excluding hydrogens is 304 g/mol. The average molecular weight is 326 g/mol. The minimum Gasteiger partial charge on any atom is -0.332 e. The predicted octanol–water partition coefficient (Wildman–Crippen LogP) is 1.84. The van der Waals surface area contributed by atoms with Gasteiger partial charge in [0, 0.05) is 25.5 Å². The van der Waals surface area contributed by atoms with Gasteiger partial charge in [0.1, 0.15) is 6.04 Å². The number of hydrogen-bond acceptors (Lipinski definition) is 3. The normalized spacial score (nSPS) is 18.3. The lowest BCUT2D eigenvalue weighted by Gasteiger charge is -2.39. The Bertz CT molecular complexity index is 726. The van der Waals surface area contributed by atoms with Crippen LogP contribution in [0.25, 0.3) is 5.69 Å². The fourth-order valence-electron chi connectivity index (χ4n) is 3.09. The number of rotatable bonds is 5. The molecule has 0 unspecified atom stereocenters. The molecule has 24 heavy (non-hydrogen) atoms. The molecule has 0 aliphatic carbocycles. The van der Waals surface area contributed by atoms with Crippen molar-refractivity contribution in [3.8, 4) is 5.69 Å². The van der Waals surface area contributed by atoms with E-state index in [0.717, 1.165) is 17.7 Å². The second-order valence-electron chi connectivity index (χ2n) is 6.04. The van der Waals surface area contributed by atoms with Crippen molar-refractivity contribution < 1.29 is 9.59 Å². The van der Waals surface area contributed by atoms with Crippen LogP contribution in [0.5, 0.6) is 0 Å². The van der Waals surface area contributed by atoms with Crippen molar-refractivity contribution in [2.24, 2.45) is 0 Å². The van der Waals surface area contributed by atoms with Gasteiger partial charge in [-0.1, -0.05) is 25.1 Å². The fourth-order valence-corrected chi connectivity index (χ4v) is 3.09. The van der Waals surface area contributed by atoms with Crippen molar-refractivity contribution in [1.29, 1.82) is 0 Å². The first-order valence-electron chi connectivity index (χ1n) is 8.28. The van der Waals surface area contributed by atoms with Crippen LogP contribution in [0.15, 0.2) is 42.7 Å². The summed E-state index contributed by atoms with van der Waals surface area (Å²) in [5.74, 6) is 0.0128. The van der Waals surface area contributed by atoms with Gasteiger partial charge in [0.05, 0.1) is 12.2 Å². The number of piperazine rings is 1. The lowest BCUT2D eigenvalue weighted by molar-refractivity contribution is -0.155.